The summed E-state index contributed by atoms with van der Waals surface area (Å²) in [6.07, 6.45) is 1.65. The fraction of sp³-hybridized carbons (Fsp3) is 0.333. The lowest BCUT2D eigenvalue weighted by Gasteiger charge is -2.06. The van der Waals surface area contributed by atoms with E-state index >= 15 is 0 Å². The first-order valence-corrected chi connectivity index (χ1v) is 5.43. The van der Waals surface area contributed by atoms with E-state index in [-0.39, 0.29) is 5.91 Å². The zero-order chi connectivity index (χ0) is 11.0. The van der Waals surface area contributed by atoms with Crippen LogP contribution in [-0.4, -0.2) is 18.0 Å². The van der Waals surface area contributed by atoms with E-state index in [9.17, 15) is 4.79 Å². The number of nitrogens with one attached hydrogen (secondary N) is 1. The summed E-state index contributed by atoms with van der Waals surface area (Å²) in [5.74, 6) is -0.134. The molecule has 0 unspecified atom stereocenters. The second-order valence-electron chi connectivity index (χ2n) is 4.06. The van der Waals surface area contributed by atoms with Gasteiger partial charge in [-0.1, -0.05) is 30.3 Å². The summed E-state index contributed by atoms with van der Waals surface area (Å²) in [4.78, 5) is 15.9. The van der Waals surface area contributed by atoms with Crippen LogP contribution >= 0.6 is 0 Å². The number of amidine groups is 1. The van der Waals surface area contributed by atoms with Crippen molar-refractivity contribution in [2.24, 2.45) is 4.99 Å². The van der Waals surface area contributed by atoms with Crippen molar-refractivity contribution in [3.8, 4) is 0 Å². The average Bonchev–Trinajstić information content (AvgIpc) is 3.03. The van der Waals surface area contributed by atoms with Crippen molar-refractivity contribution in [2.45, 2.75) is 25.0 Å². The van der Waals surface area contributed by atoms with Crippen molar-refractivity contribution < 1.29 is 9.53 Å². The molecule has 1 heterocycles. The Morgan fingerprint density at radius 1 is 1.25 bits per heavy atom. The summed E-state index contributed by atoms with van der Waals surface area (Å²) in [6.45, 7) is 0. The van der Waals surface area contributed by atoms with Gasteiger partial charge in [0.1, 0.15) is 0 Å². The standard InChI is InChI=1S/C12H12N2O2/c15-11-10(8-4-2-1-3-5-8)16-12(14-11)13-9-6-7-9/h1-5,9-10H,6-7H2,(H,13,14,15)/t10-/m0/s1. The van der Waals surface area contributed by atoms with Crippen LogP contribution in [0.4, 0.5) is 0 Å². The number of ether oxygens (including phenoxy) is 1. The quantitative estimate of drug-likeness (QED) is 0.812. The lowest BCUT2D eigenvalue weighted by Crippen LogP contribution is -2.22. The number of rotatable bonds is 2. The van der Waals surface area contributed by atoms with E-state index in [1.807, 2.05) is 30.3 Å². The van der Waals surface area contributed by atoms with Crippen LogP contribution in [0.1, 0.15) is 24.5 Å². The van der Waals surface area contributed by atoms with Crippen molar-refractivity contribution in [2.75, 3.05) is 0 Å². The van der Waals surface area contributed by atoms with E-state index in [0.29, 0.717) is 12.1 Å². The molecule has 0 spiro atoms. The largest absolute Gasteiger partial charge is 0.447 e. The topological polar surface area (TPSA) is 50.7 Å². The van der Waals surface area contributed by atoms with Crippen LogP contribution < -0.4 is 5.32 Å². The lowest BCUT2D eigenvalue weighted by molar-refractivity contribution is -0.123. The van der Waals surface area contributed by atoms with E-state index in [0.717, 1.165) is 18.4 Å². The molecular formula is C12H12N2O2. The summed E-state index contributed by atoms with van der Waals surface area (Å²) in [6, 6.07) is 10.2. The number of hydrogen-bond donors (Lipinski definition) is 1. The predicted molar refractivity (Wildman–Crippen MR) is 58.9 cm³/mol. The molecule has 2 aliphatic rings. The molecule has 1 N–H and O–H groups in total. The molecule has 4 nitrogen and oxygen atoms in total. The van der Waals surface area contributed by atoms with Gasteiger partial charge in [0.2, 0.25) is 6.10 Å². The van der Waals surface area contributed by atoms with Gasteiger partial charge in [-0.2, -0.15) is 0 Å². The zero-order valence-electron chi connectivity index (χ0n) is 8.72. The van der Waals surface area contributed by atoms with Gasteiger partial charge in [0.15, 0.2) is 0 Å². The van der Waals surface area contributed by atoms with Gasteiger partial charge in [-0.15, -0.1) is 0 Å². The number of aliphatic imine (C=N–C) groups is 1. The highest BCUT2D eigenvalue weighted by Crippen LogP contribution is 2.26. The van der Waals surface area contributed by atoms with E-state index in [2.05, 4.69) is 10.3 Å². The molecule has 82 valence electrons. The van der Waals surface area contributed by atoms with E-state index in [1.165, 1.54) is 0 Å². The van der Waals surface area contributed by atoms with Gasteiger partial charge >= 0.3 is 0 Å². The molecule has 16 heavy (non-hydrogen) atoms. The number of carbonyl (C=O) groups is 1. The number of carbonyl (C=O) groups excluding carboxylic acids is 1. The van der Waals surface area contributed by atoms with Crippen LogP contribution in [-0.2, 0) is 9.53 Å². The zero-order valence-corrected chi connectivity index (χ0v) is 8.72. The van der Waals surface area contributed by atoms with Gasteiger partial charge in [-0.25, -0.2) is 4.99 Å². The van der Waals surface area contributed by atoms with Gasteiger partial charge < -0.3 is 4.74 Å². The van der Waals surface area contributed by atoms with Crippen molar-refractivity contribution in [3.05, 3.63) is 35.9 Å². The Kier molecular flexibility index (Phi) is 2.13. The van der Waals surface area contributed by atoms with Crippen molar-refractivity contribution in [3.63, 3.8) is 0 Å². The number of amides is 1. The predicted octanol–water partition coefficient (Wildman–Crippen LogP) is 1.39. The van der Waals surface area contributed by atoms with Crippen LogP contribution in [0.2, 0.25) is 0 Å². The SMILES string of the molecule is O=C1NC(=NC2CC2)O[C@H]1c1ccccc1. The van der Waals surface area contributed by atoms with Gasteiger partial charge in [-0.05, 0) is 12.8 Å². The van der Waals surface area contributed by atoms with Crippen LogP contribution in [0, 0.1) is 0 Å². The number of benzene rings is 1. The van der Waals surface area contributed by atoms with Crippen molar-refractivity contribution in [1.29, 1.82) is 0 Å². The minimum atomic E-state index is -0.543. The second kappa shape index (κ2) is 3.63. The van der Waals surface area contributed by atoms with E-state index in [1.54, 1.807) is 0 Å². The molecule has 3 rings (SSSR count). The Morgan fingerprint density at radius 3 is 2.69 bits per heavy atom. The summed E-state index contributed by atoms with van der Waals surface area (Å²) in [5, 5.41) is 2.66. The highest BCUT2D eigenvalue weighted by Gasteiger charge is 2.33. The molecule has 2 fully saturated rings. The van der Waals surface area contributed by atoms with Gasteiger partial charge in [0, 0.05) is 5.56 Å². The Morgan fingerprint density at radius 2 is 2.00 bits per heavy atom. The van der Waals surface area contributed by atoms with Crippen LogP contribution in [0.15, 0.2) is 35.3 Å². The van der Waals surface area contributed by atoms with Gasteiger partial charge in [0.05, 0.1) is 6.04 Å². The van der Waals surface area contributed by atoms with E-state index < -0.39 is 6.10 Å². The van der Waals surface area contributed by atoms with Crippen LogP contribution in [0.3, 0.4) is 0 Å². The molecule has 1 aromatic rings. The Balaban J connectivity index is 1.80. The minimum Gasteiger partial charge on any atom is -0.447 e. The highest BCUT2D eigenvalue weighted by atomic mass is 16.5. The maximum absolute atomic E-state index is 11.7. The summed E-state index contributed by atoms with van der Waals surface area (Å²) >= 11 is 0. The van der Waals surface area contributed by atoms with Crippen LogP contribution in [0.5, 0.6) is 0 Å². The van der Waals surface area contributed by atoms with Gasteiger partial charge in [-0.3, -0.25) is 10.1 Å². The maximum atomic E-state index is 11.7. The first-order valence-electron chi connectivity index (χ1n) is 5.43. The summed E-state index contributed by atoms with van der Waals surface area (Å²) in [7, 11) is 0. The highest BCUT2D eigenvalue weighted by molar-refractivity contribution is 6.02. The molecule has 1 aliphatic heterocycles. The second-order valence-corrected chi connectivity index (χ2v) is 4.06. The number of nitrogens with zero attached hydrogens (tertiary/aromatic N) is 1. The Bertz CT molecular complexity index is 438. The maximum Gasteiger partial charge on any atom is 0.292 e. The Hall–Kier alpha value is -1.84. The Labute approximate surface area is 93.3 Å². The molecule has 1 saturated carbocycles. The first-order chi connectivity index (χ1) is 7.83. The van der Waals surface area contributed by atoms with Crippen LogP contribution in [0.25, 0.3) is 0 Å². The first kappa shape index (κ1) is 9.39. The third kappa shape index (κ3) is 1.78. The molecular weight excluding hydrogens is 204 g/mol. The van der Waals surface area contributed by atoms with E-state index in [4.69, 9.17) is 4.74 Å². The lowest BCUT2D eigenvalue weighted by atomic mass is 10.1. The molecule has 1 amide bonds. The molecule has 1 aromatic carbocycles. The molecule has 1 aliphatic carbocycles. The summed E-state index contributed by atoms with van der Waals surface area (Å²) in [5.41, 5.74) is 0.862. The minimum absolute atomic E-state index is 0.134. The molecule has 0 bridgehead atoms. The third-order valence-electron chi connectivity index (χ3n) is 2.65. The molecule has 0 aromatic heterocycles. The monoisotopic (exact) mass is 216 g/mol. The fourth-order valence-electron chi connectivity index (χ4n) is 1.64. The fourth-order valence-corrected chi connectivity index (χ4v) is 1.64. The summed E-state index contributed by atoms with van der Waals surface area (Å²) < 4.78 is 5.50. The number of hydrogen-bond acceptors (Lipinski definition) is 3. The molecule has 4 heteroatoms. The van der Waals surface area contributed by atoms with Gasteiger partial charge in [0.25, 0.3) is 11.9 Å². The normalized spacial score (nSPS) is 26.6. The third-order valence-corrected chi connectivity index (χ3v) is 2.65. The molecule has 1 atom stereocenters. The van der Waals surface area contributed by atoms with Crippen molar-refractivity contribution >= 4 is 11.9 Å². The molecule has 1 saturated heterocycles. The van der Waals surface area contributed by atoms with Crippen molar-refractivity contribution in [1.82, 2.24) is 5.32 Å². The smallest absolute Gasteiger partial charge is 0.292 e. The average molecular weight is 216 g/mol. The molecule has 0 radical (unpaired) electrons.